The van der Waals surface area contributed by atoms with Gasteiger partial charge in [-0.3, -0.25) is 10.3 Å². The van der Waals surface area contributed by atoms with Gasteiger partial charge >= 0.3 is 5.17 Å². The smallest absolute Gasteiger partial charge is 0.303 e. The van der Waals surface area contributed by atoms with E-state index < -0.39 is 0 Å². The molecule has 0 fully saturated rings. The van der Waals surface area contributed by atoms with Crippen LogP contribution in [0.25, 0.3) is 10.8 Å². The Morgan fingerprint density at radius 2 is 1.89 bits per heavy atom. The molecule has 0 spiro atoms. The summed E-state index contributed by atoms with van der Waals surface area (Å²) >= 11 is 1.82. The highest BCUT2D eigenvalue weighted by Gasteiger charge is 2.03. The third kappa shape index (κ3) is 4.55. The van der Waals surface area contributed by atoms with Crippen LogP contribution in [0.1, 0.15) is 5.56 Å². The third-order valence-electron chi connectivity index (χ3n) is 2.91. The molecule has 0 aliphatic heterocycles. The zero-order chi connectivity index (χ0) is 12.8. The predicted molar refractivity (Wildman–Crippen MR) is 81.1 cm³/mol. The molecule has 0 aliphatic carbocycles. The van der Waals surface area contributed by atoms with E-state index in [1.165, 1.54) is 16.3 Å². The number of halogens is 1. The molecule has 0 radical (unpaired) electrons. The van der Waals surface area contributed by atoms with Gasteiger partial charge in [0.1, 0.15) is 0 Å². The Bertz CT molecular complexity index is 555. The van der Waals surface area contributed by atoms with Gasteiger partial charge < -0.3 is 17.0 Å². The van der Waals surface area contributed by atoms with Gasteiger partial charge in [0.05, 0.1) is 14.1 Å². The molecule has 0 bridgehead atoms. The summed E-state index contributed by atoms with van der Waals surface area (Å²) in [6.45, 7) is 0. The summed E-state index contributed by atoms with van der Waals surface area (Å²) in [6, 6.07) is 15.2. The number of hydrogen-bond donors (Lipinski definition) is 2. The second-order valence-electron chi connectivity index (χ2n) is 4.11. The van der Waals surface area contributed by atoms with Crippen LogP contribution < -0.4 is 27.3 Å². The highest BCUT2D eigenvalue weighted by molar-refractivity contribution is 8.13. The van der Waals surface area contributed by atoms with E-state index in [2.05, 4.69) is 52.8 Å². The van der Waals surface area contributed by atoms with Crippen molar-refractivity contribution in [2.24, 2.45) is 0 Å². The van der Waals surface area contributed by atoms with E-state index in [9.17, 15) is 0 Å². The fraction of sp³-hybridized carbons (Fsp3) is 0.267. The van der Waals surface area contributed by atoms with Crippen molar-refractivity contribution < 1.29 is 22.0 Å². The molecule has 2 aromatic rings. The Labute approximate surface area is 129 Å². The van der Waals surface area contributed by atoms with Gasteiger partial charge in [-0.15, -0.1) is 0 Å². The van der Waals surface area contributed by atoms with Crippen molar-refractivity contribution in [2.45, 2.75) is 6.42 Å². The maximum atomic E-state index is 3.14. The van der Waals surface area contributed by atoms with Gasteiger partial charge in [-0.2, -0.15) is 0 Å². The van der Waals surface area contributed by atoms with E-state index in [1.807, 2.05) is 25.9 Å². The fourth-order valence-corrected chi connectivity index (χ4v) is 2.77. The average molecular weight is 339 g/mol. The molecule has 19 heavy (non-hydrogen) atoms. The second-order valence-corrected chi connectivity index (χ2v) is 5.21. The van der Waals surface area contributed by atoms with Gasteiger partial charge in [0.2, 0.25) is 0 Å². The van der Waals surface area contributed by atoms with Gasteiger partial charge in [0.15, 0.2) is 0 Å². The minimum Gasteiger partial charge on any atom is -1.00 e. The third-order valence-corrected chi connectivity index (χ3v) is 4.01. The molecule has 0 amide bonds. The van der Waals surface area contributed by atoms with E-state index in [-0.39, 0.29) is 17.0 Å². The van der Waals surface area contributed by atoms with E-state index in [1.54, 1.807) is 0 Å². The minimum atomic E-state index is 0. The molecule has 0 unspecified atom stereocenters. The first kappa shape index (κ1) is 16.1. The van der Waals surface area contributed by atoms with Crippen LogP contribution in [0.15, 0.2) is 42.5 Å². The quantitative estimate of drug-likeness (QED) is 0.521. The van der Waals surface area contributed by atoms with Crippen LogP contribution in [0.5, 0.6) is 0 Å². The standard InChI is InChI=1S/C15H18N2S.BrH/c1-16-15(17-2)18-10-9-12-7-8-13-5-3-4-6-14(13)11-12;/h3-8,11H,9-10H2,1-2H3,(H,16,17);1H. The van der Waals surface area contributed by atoms with E-state index in [4.69, 9.17) is 0 Å². The number of thioether (sulfide) groups is 1. The molecular weight excluding hydrogens is 320 g/mol. The molecule has 0 saturated heterocycles. The SMILES string of the molecule is CNC(=[NH+]C)SCCc1ccc2ccccc2c1.[Br-]. The number of rotatable bonds is 3. The Balaban J connectivity index is 0.00000180. The first-order valence-corrected chi connectivity index (χ1v) is 7.15. The molecule has 2 aromatic carbocycles. The van der Waals surface area contributed by atoms with Crippen molar-refractivity contribution in [2.75, 3.05) is 19.8 Å². The molecule has 0 aromatic heterocycles. The summed E-state index contributed by atoms with van der Waals surface area (Å²) in [5, 5.41) is 6.89. The molecule has 102 valence electrons. The van der Waals surface area contributed by atoms with Crippen molar-refractivity contribution >= 4 is 27.7 Å². The number of benzene rings is 2. The molecule has 4 heteroatoms. The Morgan fingerprint density at radius 3 is 2.58 bits per heavy atom. The van der Waals surface area contributed by atoms with Crippen LogP contribution in [0.2, 0.25) is 0 Å². The van der Waals surface area contributed by atoms with E-state index in [0.29, 0.717) is 0 Å². The largest absolute Gasteiger partial charge is 1.00 e. The number of amidine groups is 1. The molecule has 0 aliphatic rings. The van der Waals surface area contributed by atoms with E-state index in [0.717, 1.165) is 17.3 Å². The van der Waals surface area contributed by atoms with Crippen LogP contribution in [0, 0.1) is 0 Å². The lowest BCUT2D eigenvalue weighted by Gasteiger charge is -2.03. The highest BCUT2D eigenvalue weighted by Crippen LogP contribution is 2.16. The van der Waals surface area contributed by atoms with Crippen LogP contribution in [0.3, 0.4) is 0 Å². The molecule has 2 nitrogen and oxygen atoms in total. The summed E-state index contributed by atoms with van der Waals surface area (Å²) in [7, 11) is 3.88. The maximum absolute atomic E-state index is 3.14. The van der Waals surface area contributed by atoms with Gasteiger partial charge in [-0.1, -0.05) is 42.5 Å². The molecular formula is C15H19BrN2S. The van der Waals surface area contributed by atoms with Crippen molar-refractivity contribution in [1.29, 1.82) is 0 Å². The van der Waals surface area contributed by atoms with Crippen LogP contribution >= 0.6 is 11.8 Å². The van der Waals surface area contributed by atoms with Gasteiger partial charge in [0.25, 0.3) is 0 Å². The number of nitrogens with one attached hydrogen (secondary N) is 2. The summed E-state index contributed by atoms with van der Waals surface area (Å²) in [5.74, 6) is 1.08. The lowest BCUT2D eigenvalue weighted by atomic mass is 10.1. The van der Waals surface area contributed by atoms with Gasteiger partial charge in [0, 0.05) is 5.75 Å². The van der Waals surface area contributed by atoms with Crippen LogP contribution in [0.4, 0.5) is 0 Å². The average Bonchev–Trinajstić information content (AvgIpc) is 2.43. The van der Waals surface area contributed by atoms with Crippen molar-refractivity contribution in [1.82, 2.24) is 5.32 Å². The molecule has 0 atom stereocenters. The summed E-state index contributed by atoms with van der Waals surface area (Å²) < 4.78 is 0. The molecule has 0 heterocycles. The Morgan fingerprint density at radius 1 is 1.16 bits per heavy atom. The van der Waals surface area contributed by atoms with Gasteiger partial charge in [-0.05, 0) is 34.5 Å². The van der Waals surface area contributed by atoms with Crippen LogP contribution in [-0.4, -0.2) is 25.0 Å². The topological polar surface area (TPSA) is 26.0 Å². The summed E-state index contributed by atoms with van der Waals surface area (Å²) in [4.78, 5) is 3.14. The monoisotopic (exact) mass is 338 g/mol. The minimum absolute atomic E-state index is 0. The first-order chi connectivity index (χ1) is 8.83. The van der Waals surface area contributed by atoms with Crippen LogP contribution in [-0.2, 0) is 6.42 Å². The molecule has 2 N–H and O–H groups in total. The molecule has 2 rings (SSSR count). The van der Waals surface area contributed by atoms with Gasteiger partial charge in [-0.25, -0.2) is 0 Å². The predicted octanol–water partition coefficient (Wildman–Crippen LogP) is -1.59. The maximum Gasteiger partial charge on any atom is 0.303 e. The fourth-order valence-electron chi connectivity index (χ4n) is 1.93. The molecule has 0 saturated carbocycles. The van der Waals surface area contributed by atoms with Crippen molar-refractivity contribution in [3.63, 3.8) is 0 Å². The summed E-state index contributed by atoms with van der Waals surface area (Å²) in [5.41, 5.74) is 1.40. The highest BCUT2D eigenvalue weighted by atomic mass is 79.9. The zero-order valence-corrected chi connectivity index (χ0v) is 13.6. The Kier molecular flexibility index (Phi) is 6.95. The summed E-state index contributed by atoms with van der Waals surface area (Å²) in [6.07, 6.45) is 1.09. The second kappa shape index (κ2) is 8.23. The Hall–Kier alpha value is -1.00. The lowest BCUT2D eigenvalue weighted by molar-refractivity contribution is -0.418. The number of aryl methyl sites for hydroxylation is 1. The number of hydrogen-bond acceptors (Lipinski definition) is 1. The first-order valence-electron chi connectivity index (χ1n) is 6.16. The van der Waals surface area contributed by atoms with Crippen molar-refractivity contribution in [3.8, 4) is 0 Å². The van der Waals surface area contributed by atoms with Crippen molar-refractivity contribution in [3.05, 3.63) is 48.0 Å². The zero-order valence-electron chi connectivity index (χ0n) is 11.2. The van der Waals surface area contributed by atoms with E-state index >= 15 is 0 Å². The number of fused-ring (bicyclic) bond motifs is 1. The lowest BCUT2D eigenvalue weighted by Crippen LogP contribution is -3.00. The normalized spacial score (nSPS) is 11.2.